The molecule has 28 heavy (non-hydrogen) atoms. The number of nitrogens with one attached hydrogen (secondary N) is 1. The van der Waals surface area contributed by atoms with Gasteiger partial charge in [-0.15, -0.1) is 5.10 Å². The number of methoxy groups -OCH3 is 1. The molecule has 0 saturated carbocycles. The number of aromatic carboxylic acids is 1. The smallest absolute Gasteiger partial charge is 0.373 e. The van der Waals surface area contributed by atoms with Crippen molar-refractivity contribution >= 4 is 22.9 Å². The summed E-state index contributed by atoms with van der Waals surface area (Å²) in [5.41, 5.74) is 1.27. The maximum atomic E-state index is 11.0. The molecule has 0 radical (unpaired) electrons. The molecule has 4 aromatic rings. The van der Waals surface area contributed by atoms with Crippen molar-refractivity contribution in [2.75, 3.05) is 7.11 Å². The van der Waals surface area contributed by atoms with Gasteiger partial charge in [0.2, 0.25) is 5.82 Å². The van der Waals surface area contributed by atoms with Gasteiger partial charge in [0.25, 0.3) is 5.95 Å². The highest BCUT2D eigenvalue weighted by molar-refractivity contribution is 5.83. The van der Waals surface area contributed by atoms with E-state index in [1.54, 1.807) is 31.4 Å². The Hall–Kier alpha value is -4.14. The number of carboxylic acids is 1. The molecule has 140 valence electrons. The fraction of sp³-hybridized carbons (Fsp3) is 0.0526. The van der Waals surface area contributed by atoms with E-state index in [0.717, 1.165) is 5.56 Å². The molecular formula is C19H14N4O5. The Labute approximate surface area is 157 Å². The lowest BCUT2D eigenvalue weighted by Gasteiger charge is -2.06. The molecule has 0 aliphatic heterocycles. The van der Waals surface area contributed by atoms with Crippen molar-refractivity contribution in [3.8, 4) is 22.8 Å². The highest BCUT2D eigenvalue weighted by Crippen LogP contribution is 2.26. The fourth-order valence-electron chi connectivity index (χ4n) is 2.65. The summed E-state index contributed by atoms with van der Waals surface area (Å²) in [6.07, 6.45) is 0. The minimum Gasteiger partial charge on any atom is -0.508 e. The first kappa shape index (κ1) is 17.3. The first-order valence-corrected chi connectivity index (χ1v) is 8.15. The number of fused-ring (bicyclic) bond motifs is 1. The quantitative estimate of drug-likeness (QED) is 0.497. The first-order valence-electron chi connectivity index (χ1n) is 8.15. The zero-order valence-electron chi connectivity index (χ0n) is 14.6. The van der Waals surface area contributed by atoms with Gasteiger partial charge in [-0.2, -0.15) is 4.98 Å². The summed E-state index contributed by atoms with van der Waals surface area (Å²) in [6, 6.07) is 13.6. The van der Waals surface area contributed by atoms with Gasteiger partial charge >= 0.3 is 5.97 Å². The summed E-state index contributed by atoms with van der Waals surface area (Å²) in [5, 5.41) is 25.8. The number of H-pyrrole nitrogens is 1. The second kappa shape index (κ2) is 6.88. The van der Waals surface area contributed by atoms with E-state index in [1.807, 2.05) is 12.1 Å². The van der Waals surface area contributed by atoms with E-state index in [1.165, 1.54) is 12.1 Å². The maximum Gasteiger partial charge on any atom is 0.373 e. The minimum atomic E-state index is -1.24. The number of phenolic OH excluding ortho intramolecular Hbond substituents is 1. The van der Waals surface area contributed by atoms with Crippen LogP contribution >= 0.6 is 0 Å². The standard InChI is InChI=1S/C19H14N4O5/c1-27-12-5-2-10(3-6-12)16-9-14(13-8-11(24)4-7-15(13)28-16)20-19-21-17(18(25)26)22-23-19/h2-9,24H,1H3,(H,25,26)(H,21,22,23). The second-order valence-corrected chi connectivity index (χ2v) is 5.81. The topological polar surface area (TPSA) is 134 Å². The number of benzene rings is 2. The Morgan fingerprint density at radius 3 is 2.64 bits per heavy atom. The zero-order valence-corrected chi connectivity index (χ0v) is 14.6. The van der Waals surface area contributed by atoms with Crippen molar-refractivity contribution in [1.29, 1.82) is 0 Å². The highest BCUT2D eigenvalue weighted by atomic mass is 16.5. The fourth-order valence-corrected chi connectivity index (χ4v) is 2.65. The number of phenols is 1. The molecule has 0 amide bonds. The molecule has 9 nitrogen and oxygen atoms in total. The molecule has 0 bridgehead atoms. The number of hydrogen-bond acceptors (Lipinski definition) is 7. The predicted molar refractivity (Wildman–Crippen MR) is 98.4 cm³/mol. The largest absolute Gasteiger partial charge is 0.508 e. The van der Waals surface area contributed by atoms with Crippen LogP contribution in [0.15, 0.2) is 57.9 Å². The minimum absolute atomic E-state index is 0.0394. The third-order valence-corrected chi connectivity index (χ3v) is 4.00. The number of nitrogens with zero attached hydrogens (tertiary/aromatic N) is 3. The van der Waals surface area contributed by atoms with Crippen LogP contribution in [0.25, 0.3) is 22.3 Å². The van der Waals surface area contributed by atoms with Crippen LogP contribution in [-0.2, 0) is 0 Å². The van der Waals surface area contributed by atoms with E-state index < -0.39 is 5.97 Å². The van der Waals surface area contributed by atoms with Crippen molar-refractivity contribution in [3.05, 3.63) is 59.7 Å². The van der Waals surface area contributed by atoms with Gasteiger partial charge in [-0.3, -0.25) is 5.10 Å². The lowest BCUT2D eigenvalue weighted by atomic mass is 10.1. The van der Waals surface area contributed by atoms with Crippen molar-refractivity contribution in [2.24, 2.45) is 4.99 Å². The molecule has 0 unspecified atom stereocenters. The van der Waals surface area contributed by atoms with Crippen LogP contribution in [0.5, 0.6) is 11.5 Å². The SMILES string of the molecule is COc1ccc(-c2cc(=Nc3n[nH]c(C(=O)O)n3)c3cc(O)ccc3o2)cc1. The van der Waals surface area contributed by atoms with Crippen LogP contribution in [-0.4, -0.2) is 38.5 Å². The van der Waals surface area contributed by atoms with Gasteiger partial charge in [-0.25, -0.2) is 9.79 Å². The van der Waals surface area contributed by atoms with E-state index in [9.17, 15) is 9.90 Å². The van der Waals surface area contributed by atoms with Crippen LogP contribution in [0.2, 0.25) is 0 Å². The second-order valence-electron chi connectivity index (χ2n) is 5.81. The molecule has 3 N–H and O–H groups in total. The van der Waals surface area contributed by atoms with Crippen molar-refractivity contribution in [3.63, 3.8) is 0 Å². The Morgan fingerprint density at radius 2 is 1.96 bits per heavy atom. The van der Waals surface area contributed by atoms with Crippen LogP contribution in [0.3, 0.4) is 0 Å². The number of hydrogen-bond donors (Lipinski definition) is 3. The number of ether oxygens (including phenoxy) is 1. The van der Waals surface area contributed by atoms with E-state index >= 15 is 0 Å². The zero-order chi connectivity index (χ0) is 19.7. The third kappa shape index (κ3) is 3.28. The van der Waals surface area contributed by atoms with Gasteiger partial charge in [0.1, 0.15) is 22.8 Å². The van der Waals surface area contributed by atoms with E-state index in [-0.39, 0.29) is 17.5 Å². The summed E-state index contributed by atoms with van der Waals surface area (Å²) >= 11 is 0. The number of rotatable bonds is 4. The van der Waals surface area contributed by atoms with Gasteiger partial charge < -0.3 is 19.4 Å². The molecule has 9 heteroatoms. The maximum absolute atomic E-state index is 11.0. The molecule has 4 rings (SSSR count). The summed E-state index contributed by atoms with van der Waals surface area (Å²) in [7, 11) is 1.58. The average molecular weight is 378 g/mol. The number of aromatic hydroxyl groups is 1. The molecule has 0 atom stereocenters. The van der Waals surface area contributed by atoms with Crippen molar-refractivity contribution < 1.29 is 24.2 Å². The lowest BCUT2D eigenvalue weighted by Crippen LogP contribution is -2.03. The van der Waals surface area contributed by atoms with E-state index in [4.69, 9.17) is 14.3 Å². The van der Waals surface area contributed by atoms with Crippen LogP contribution in [0.4, 0.5) is 5.95 Å². The van der Waals surface area contributed by atoms with Crippen LogP contribution in [0.1, 0.15) is 10.6 Å². The number of carbonyl (C=O) groups is 1. The average Bonchev–Trinajstić information content (AvgIpc) is 3.17. The molecule has 2 aromatic heterocycles. The van der Waals surface area contributed by atoms with Gasteiger partial charge in [0.15, 0.2) is 0 Å². The number of aromatic nitrogens is 3. The molecule has 0 aliphatic carbocycles. The normalized spacial score (nSPS) is 11.7. The van der Waals surface area contributed by atoms with Crippen LogP contribution < -0.4 is 10.1 Å². The lowest BCUT2D eigenvalue weighted by molar-refractivity contribution is 0.0684. The van der Waals surface area contributed by atoms with Gasteiger partial charge in [-0.05, 0) is 42.5 Å². The molecule has 2 heterocycles. The Bertz CT molecular complexity index is 1240. The van der Waals surface area contributed by atoms with Crippen LogP contribution in [0, 0.1) is 0 Å². The van der Waals surface area contributed by atoms with Crippen molar-refractivity contribution in [2.45, 2.75) is 0 Å². The molecule has 0 saturated heterocycles. The third-order valence-electron chi connectivity index (χ3n) is 4.00. The summed E-state index contributed by atoms with van der Waals surface area (Å²) in [5.74, 6) is -0.332. The Kier molecular flexibility index (Phi) is 4.24. The van der Waals surface area contributed by atoms with Gasteiger partial charge in [-0.1, -0.05) is 0 Å². The summed E-state index contributed by atoms with van der Waals surface area (Å²) < 4.78 is 11.1. The van der Waals surface area contributed by atoms with Gasteiger partial charge in [0.05, 0.1) is 12.5 Å². The van der Waals surface area contributed by atoms with E-state index in [0.29, 0.717) is 27.8 Å². The first-order chi connectivity index (χ1) is 13.5. The molecule has 0 spiro atoms. The number of aromatic amines is 1. The molecule has 2 aromatic carbocycles. The summed E-state index contributed by atoms with van der Waals surface area (Å²) in [4.78, 5) is 19.1. The van der Waals surface area contributed by atoms with Crippen molar-refractivity contribution in [1.82, 2.24) is 15.2 Å². The predicted octanol–water partition coefficient (Wildman–Crippen LogP) is 2.86. The number of carboxylic acid groups (broad SMARTS) is 1. The Morgan fingerprint density at radius 1 is 1.18 bits per heavy atom. The van der Waals surface area contributed by atoms with Gasteiger partial charge in [0, 0.05) is 17.0 Å². The molecule has 0 fully saturated rings. The molecular weight excluding hydrogens is 364 g/mol. The van der Waals surface area contributed by atoms with E-state index in [2.05, 4.69) is 20.2 Å². The summed E-state index contributed by atoms with van der Waals surface area (Å²) in [6.45, 7) is 0. The monoisotopic (exact) mass is 378 g/mol. The molecule has 0 aliphatic rings. The highest BCUT2D eigenvalue weighted by Gasteiger charge is 2.11. The Balaban J connectivity index is 1.92.